The van der Waals surface area contributed by atoms with Gasteiger partial charge in [0.2, 0.25) is 0 Å². The Bertz CT molecular complexity index is 831. The van der Waals surface area contributed by atoms with Gasteiger partial charge in [-0.25, -0.2) is 0 Å². The normalized spacial score (nSPS) is 10.8. The Morgan fingerprint density at radius 1 is 1.08 bits per heavy atom. The molecule has 2 aromatic carbocycles. The topological polar surface area (TPSA) is 47.8 Å². The highest BCUT2D eigenvalue weighted by molar-refractivity contribution is 7.99. The molecule has 0 fully saturated rings. The van der Waals surface area contributed by atoms with Gasteiger partial charge in [-0.3, -0.25) is 9.36 Å². The van der Waals surface area contributed by atoms with Crippen LogP contribution in [0.2, 0.25) is 5.02 Å². The van der Waals surface area contributed by atoms with Gasteiger partial charge in [0, 0.05) is 28.4 Å². The van der Waals surface area contributed by atoms with E-state index in [4.69, 9.17) is 11.6 Å². The van der Waals surface area contributed by atoms with E-state index in [1.807, 2.05) is 59.2 Å². The lowest BCUT2D eigenvalue weighted by molar-refractivity contribution is -0.116. The minimum Gasteiger partial charge on any atom is -0.300 e. The van der Waals surface area contributed by atoms with Crippen molar-refractivity contribution in [3.63, 3.8) is 0 Å². The third-order valence-electron chi connectivity index (χ3n) is 3.44. The zero-order valence-electron chi connectivity index (χ0n) is 13.1. The maximum absolute atomic E-state index is 11.2. The Balaban J connectivity index is 2.01. The second kappa shape index (κ2) is 7.64. The summed E-state index contributed by atoms with van der Waals surface area (Å²) in [4.78, 5) is 11.2. The van der Waals surface area contributed by atoms with Crippen molar-refractivity contribution in [2.75, 3.05) is 5.75 Å². The van der Waals surface area contributed by atoms with E-state index in [0.29, 0.717) is 17.2 Å². The summed E-state index contributed by atoms with van der Waals surface area (Å²) in [5, 5.41) is 10.1. The molecule has 0 aliphatic heterocycles. The van der Waals surface area contributed by atoms with E-state index in [0.717, 1.165) is 22.2 Å². The van der Waals surface area contributed by atoms with Crippen molar-refractivity contribution in [1.29, 1.82) is 0 Å². The van der Waals surface area contributed by atoms with Crippen molar-refractivity contribution in [2.45, 2.75) is 18.5 Å². The van der Waals surface area contributed by atoms with Gasteiger partial charge in [0.05, 0.1) is 0 Å². The first-order chi connectivity index (χ1) is 11.6. The predicted molar refractivity (Wildman–Crippen MR) is 97.8 cm³/mol. The van der Waals surface area contributed by atoms with Crippen LogP contribution in [0, 0.1) is 0 Å². The number of nitrogens with zero attached hydrogens (tertiary/aromatic N) is 3. The molecule has 0 spiro atoms. The molecule has 0 atom stereocenters. The van der Waals surface area contributed by atoms with Crippen LogP contribution >= 0.6 is 23.4 Å². The summed E-state index contributed by atoms with van der Waals surface area (Å²) < 4.78 is 2.01. The maximum Gasteiger partial charge on any atom is 0.196 e. The summed E-state index contributed by atoms with van der Waals surface area (Å²) in [5.41, 5.74) is 1.92. The first-order valence-corrected chi connectivity index (χ1v) is 8.90. The van der Waals surface area contributed by atoms with Crippen molar-refractivity contribution in [3.8, 4) is 17.1 Å². The molecule has 0 aliphatic rings. The first-order valence-electron chi connectivity index (χ1n) is 7.54. The van der Waals surface area contributed by atoms with E-state index in [1.54, 1.807) is 6.92 Å². The number of carbonyl (C=O) groups is 1. The fourth-order valence-corrected chi connectivity index (χ4v) is 3.36. The number of para-hydroxylation sites is 1. The molecule has 0 N–H and O–H groups in total. The quantitative estimate of drug-likeness (QED) is 0.602. The van der Waals surface area contributed by atoms with Crippen LogP contribution in [-0.2, 0) is 4.79 Å². The average Bonchev–Trinajstić information content (AvgIpc) is 3.00. The summed E-state index contributed by atoms with van der Waals surface area (Å²) >= 11 is 7.51. The number of benzene rings is 2. The van der Waals surface area contributed by atoms with Gasteiger partial charge in [-0.1, -0.05) is 41.6 Å². The van der Waals surface area contributed by atoms with Gasteiger partial charge in [0.25, 0.3) is 0 Å². The number of rotatable bonds is 6. The molecule has 0 saturated heterocycles. The molecule has 1 aromatic heterocycles. The van der Waals surface area contributed by atoms with Crippen molar-refractivity contribution in [1.82, 2.24) is 14.8 Å². The molecule has 3 rings (SSSR count). The third kappa shape index (κ3) is 3.86. The molecule has 3 aromatic rings. The highest BCUT2D eigenvalue weighted by atomic mass is 35.5. The molecule has 0 bridgehead atoms. The zero-order valence-corrected chi connectivity index (χ0v) is 14.7. The molecule has 24 heavy (non-hydrogen) atoms. The molecule has 6 heteroatoms. The third-order valence-corrected chi connectivity index (χ3v) is 4.62. The van der Waals surface area contributed by atoms with Crippen LogP contribution in [0.3, 0.4) is 0 Å². The van der Waals surface area contributed by atoms with Crippen LogP contribution in [-0.4, -0.2) is 26.3 Å². The minimum absolute atomic E-state index is 0.172. The standard InChI is InChI=1S/C18H16ClN3OS/c1-13(23)11-12-24-18-21-20-17(14-7-9-15(19)10-8-14)22(18)16-5-3-2-4-6-16/h2-10H,11-12H2,1H3. The molecule has 0 saturated carbocycles. The SMILES string of the molecule is CC(=O)CCSc1nnc(-c2ccc(Cl)cc2)n1-c1ccccc1. The Labute approximate surface area is 149 Å². The molecule has 122 valence electrons. The van der Waals surface area contributed by atoms with Gasteiger partial charge >= 0.3 is 0 Å². The number of halogens is 1. The smallest absolute Gasteiger partial charge is 0.196 e. The van der Waals surface area contributed by atoms with Crippen LogP contribution in [0.25, 0.3) is 17.1 Å². The van der Waals surface area contributed by atoms with Gasteiger partial charge in [-0.05, 0) is 43.3 Å². The van der Waals surface area contributed by atoms with Crippen LogP contribution in [0.1, 0.15) is 13.3 Å². The van der Waals surface area contributed by atoms with E-state index in [-0.39, 0.29) is 5.78 Å². The van der Waals surface area contributed by atoms with Crippen LogP contribution < -0.4 is 0 Å². The van der Waals surface area contributed by atoms with Crippen LogP contribution in [0.15, 0.2) is 59.8 Å². The van der Waals surface area contributed by atoms with Gasteiger partial charge < -0.3 is 0 Å². The summed E-state index contributed by atoms with van der Waals surface area (Å²) in [7, 11) is 0. The molecular weight excluding hydrogens is 342 g/mol. The molecular formula is C18H16ClN3OS. The van der Waals surface area contributed by atoms with E-state index < -0.39 is 0 Å². The number of ketones is 1. The highest BCUT2D eigenvalue weighted by Gasteiger charge is 2.16. The number of thioether (sulfide) groups is 1. The summed E-state index contributed by atoms with van der Waals surface area (Å²) in [5.74, 6) is 1.61. The minimum atomic E-state index is 0.172. The van der Waals surface area contributed by atoms with E-state index in [1.165, 1.54) is 11.8 Å². The fraction of sp³-hybridized carbons (Fsp3) is 0.167. The Hall–Kier alpha value is -2.11. The number of Topliss-reactive ketones (excluding diaryl/α,β-unsaturated/α-hetero) is 1. The highest BCUT2D eigenvalue weighted by Crippen LogP contribution is 2.28. The summed E-state index contributed by atoms with van der Waals surface area (Å²) in [6.07, 6.45) is 0.516. The number of aromatic nitrogens is 3. The zero-order chi connectivity index (χ0) is 16.9. The summed E-state index contributed by atoms with van der Waals surface area (Å²) in [6, 6.07) is 17.5. The fourth-order valence-electron chi connectivity index (χ4n) is 2.25. The second-order valence-electron chi connectivity index (χ2n) is 5.28. The Morgan fingerprint density at radius 2 is 1.79 bits per heavy atom. The number of hydrogen-bond donors (Lipinski definition) is 0. The molecule has 4 nitrogen and oxygen atoms in total. The summed E-state index contributed by atoms with van der Waals surface area (Å²) in [6.45, 7) is 1.60. The van der Waals surface area contributed by atoms with Crippen LogP contribution in [0.5, 0.6) is 0 Å². The molecule has 0 aliphatic carbocycles. The molecule has 1 heterocycles. The monoisotopic (exact) mass is 357 g/mol. The van der Waals surface area contributed by atoms with Crippen molar-refractivity contribution in [2.24, 2.45) is 0 Å². The lowest BCUT2D eigenvalue weighted by Crippen LogP contribution is -2.00. The maximum atomic E-state index is 11.2. The van der Waals surface area contributed by atoms with Gasteiger partial charge in [0.1, 0.15) is 5.78 Å². The van der Waals surface area contributed by atoms with Crippen molar-refractivity contribution < 1.29 is 4.79 Å². The van der Waals surface area contributed by atoms with Crippen LogP contribution in [0.4, 0.5) is 0 Å². The van der Waals surface area contributed by atoms with Crippen molar-refractivity contribution >= 4 is 29.1 Å². The predicted octanol–water partition coefficient (Wildman–Crippen LogP) is 4.66. The average molecular weight is 358 g/mol. The van der Waals surface area contributed by atoms with Gasteiger partial charge in [-0.2, -0.15) is 0 Å². The molecule has 0 amide bonds. The Kier molecular flexibility index (Phi) is 5.33. The largest absolute Gasteiger partial charge is 0.300 e. The van der Waals surface area contributed by atoms with E-state index in [9.17, 15) is 4.79 Å². The lowest BCUT2D eigenvalue weighted by Gasteiger charge is -2.10. The van der Waals surface area contributed by atoms with E-state index in [2.05, 4.69) is 10.2 Å². The number of carbonyl (C=O) groups excluding carboxylic acids is 1. The van der Waals surface area contributed by atoms with Gasteiger partial charge in [0.15, 0.2) is 11.0 Å². The number of hydrogen-bond acceptors (Lipinski definition) is 4. The van der Waals surface area contributed by atoms with E-state index >= 15 is 0 Å². The van der Waals surface area contributed by atoms with Gasteiger partial charge in [-0.15, -0.1) is 10.2 Å². The second-order valence-corrected chi connectivity index (χ2v) is 6.78. The lowest BCUT2D eigenvalue weighted by atomic mass is 10.2. The van der Waals surface area contributed by atoms with Crippen molar-refractivity contribution in [3.05, 3.63) is 59.6 Å². The Morgan fingerprint density at radius 3 is 2.46 bits per heavy atom. The molecule has 0 unspecified atom stereocenters. The molecule has 0 radical (unpaired) electrons. The first kappa shape index (κ1) is 16.7.